The number of amides is 1. The van der Waals surface area contributed by atoms with E-state index in [2.05, 4.69) is 13.6 Å². The summed E-state index contributed by atoms with van der Waals surface area (Å²) in [6.07, 6.45) is 1.10. The predicted octanol–water partition coefficient (Wildman–Crippen LogP) is -0.0428. The lowest BCUT2D eigenvalue weighted by molar-refractivity contribution is -0.115. The Bertz CT molecular complexity index is 67.9. The van der Waals surface area contributed by atoms with Crippen LogP contribution in [0.25, 0.3) is 0 Å². The van der Waals surface area contributed by atoms with E-state index in [9.17, 15) is 4.79 Å². The molecule has 0 aromatic heterocycles. The molecule has 1 N–H and O–H groups in total. The maximum atomic E-state index is 9.83. The number of nitrogens with one attached hydrogen (secondary N) is 1. The molecule has 0 aromatic carbocycles. The molecule has 0 heterocycles. The van der Waals surface area contributed by atoms with Crippen molar-refractivity contribution in [2.75, 3.05) is 0 Å². The Kier molecular flexibility index (Phi) is 2.13. The van der Waals surface area contributed by atoms with Crippen LogP contribution in [0.2, 0.25) is 0 Å². The molecular weight excluding hydrogens is 78.0 g/mol. The van der Waals surface area contributed by atoms with Crippen molar-refractivity contribution in [2.24, 2.45) is 0 Å². The average molecular weight is 83.1 g/mol. The first-order valence-electron chi connectivity index (χ1n) is 1.44. The highest BCUT2D eigenvalue weighted by Crippen LogP contribution is 1.57. The maximum Gasteiger partial charge on any atom is 0.243 e. The monoisotopic (exact) mass is 83.0 g/mol. The van der Waals surface area contributed by atoms with Gasteiger partial charge in [-0.3, -0.25) is 4.79 Å². The van der Waals surface area contributed by atoms with Crippen molar-refractivity contribution in [1.29, 1.82) is 0 Å². The van der Waals surface area contributed by atoms with Gasteiger partial charge in [-0.25, -0.2) is 0 Å². The third-order valence-corrected chi connectivity index (χ3v) is 0.328. The van der Waals surface area contributed by atoms with Crippen LogP contribution in [0.15, 0.2) is 12.7 Å². The summed E-state index contributed by atoms with van der Waals surface area (Å²) in [5.41, 5.74) is 0. The van der Waals surface area contributed by atoms with Gasteiger partial charge in [0.1, 0.15) is 0 Å². The van der Waals surface area contributed by atoms with Gasteiger partial charge in [0.15, 0.2) is 0 Å². The van der Waals surface area contributed by atoms with Gasteiger partial charge < -0.3 is 5.32 Å². The summed E-state index contributed by atoms with van der Waals surface area (Å²) < 4.78 is 0. The fraction of sp³-hybridized carbons (Fsp3) is 0. The van der Waals surface area contributed by atoms with E-state index in [1.807, 2.05) is 5.32 Å². The first kappa shape index (κ1) is 5.21. The van der Waals surface area contributed by atoms with Crippen LogP contribution in [-0.2, 0) is 4.79 Å². The molecule has 6 heavy (non-hydrogen) atoms. The molecule has 0 saturated carbocycles. The summed E-state index contributed by atoms with van der Waals surface area (Å²) in [5, 5.41) is 1.86. The molecule has 0 aliphatic carbocycles. The standard InChI is InChI=1S/C4H5NO/c1-3-4(6)5-2/h2-3H,1H2,(H,5,6). The van der Waals surface area contributed by atoms with Crippen LogP contribution in [0.4, 0.5) is 0 Å². The second-order valence-electron chi connectivity index (χ2n) is 0.713. The lowest BCUT2D eigenvalue weighted by atomic mass is 10.6. The third kappa shape index (κ3) is 1.52. The molecule has 0 fully saturated rings. The minimum absolute atomic E-state index is 0.366. The first-order valence-corrected chi connectivity index (χ1v) is 1.44. The zero-order chi connectivity index (χ0) is 4.99. The summed E-state index contributed by atoms with van der Waals surface area (Å²) in [6, 6.07) is 0. The van der Waals surface area contributed by atoms with Crippen molar-refractivity contribution in [3.63, 3.8) is 0 Å². The molecule has 0 atom stereocenters. The molecule has 0 rings (SSSR count). The van der Waals surface area contributed by atoms with Crippen LogP contribution in [-0.4, -0.2) is 5.91 Å². The molecule has 0 aromatic rings. The average Bonchev–Trinajstić information content (AvgIpc) is 1.65. The Morgan fingerprint density at radius 2 is 2.50 bits per heavy atom. The van der Waals surface area contributed by atoms with E-state index in [4.69, 9.17) is 0 Å². The molecule has 0 spiro atoms. The van der Waals surface area contributed by atoms with Crippen molar-refractivity contribution < 1.29 is 4.79 Å². The van der Waals surface area contributed by atoms with Crippen LogP contribution in [0.3, 0.4) is 0 Å². The summed E-state index contributed by atoms with van der Waals surface area (Å²) in [6.45, 7) is 3.14. The number of carbonyl (C=O) groups is 1. The molecule has 1 amide bonds. The summed E-state index contributed by atoms with van der Waals surface area (Å²) in [5.74, 6) is -0.366. The van der Waals surface area contributed by atoms with Gasteiger partial charge in [-0.15, -0.1) is 0 Å². The molecule has 0 saturated heterocycles. The SMILES string of the molecule is [CH]NC(=O)C=C. The highest BCUT2D eigenvalue weighted by molar-refractivity contribution is 5.86. The van der Waals surface area contributed by atoms with E-state index in [1.165, 1.54) is 0 Å². The Morgan fingerprint density at radius 1 is 2.00 bits per heavy atom. The van der Waals surface area contributed by atoms with Crippen LogP contribution >= 0.6 is 0 Å². The molecule has 0 unspecified atom stereocenters. The summed E-state index contributed by atoms with van der Waals surface area (Å²) >= 11 is 0. The van der Waals surface area contributed by atoms with Gasteiger partial charge in [-0.2, -0.15) is 0 Å². The van der Waals surface area contributed by atoms with Crippen molar-refractivity contribution in [2.45, 2.75) is 0 Å². The van der Waals surface area contributed by atoms with Crippen LogP contribution in [0.5, 0.6) is 0 Å². The van der Waals surface area contributed by atoms with E-state index < -0.39 is 0 Å². The van der Waals surface area contributed by atoms with Gasteiger partial charge in [0, 0.05) is 0 Å². The fourth-order valence-electron chi connectivity index (χ4n) is 0.0589. The first-order chi connectivity index (χ1) is 2.81. The molecule has 32 valence electrons. The molecule has 0 aliphatic rings. The van der Waals surface area contributed by atoms with E-state index in [1.54, 1.807) is 0 Å². The Morgan fingerprint density at radius 3 is 2.50 bits per heavy atom. The van der Waals surface area contributed by atoms with Crippen LogP contribution in [0.1, 0.15) is 0 Å². The van der Waals surface area contributed by atoms with E-state index in [-0.39, 0.29) is 5.91 Å². The lowest BCUT2D eigenvalue weighted by Crippen LogP contribution is -2.10. The van der Waals surface area contributed by atoms with E-state index >= 15 is 0 Å². The highest BCUT2D eigenvalue weighted by Gasteiger charge is 1.79. The zero-order valence-corrected chi connectivity index (χ0v) is 3.27. The quantitative estimate of drug-likeness (QED) is 0.349. The van der Waals surface area contributed by atoms with Crippen LogP contribution in [0, 0.1) is 7.05 Å². The highest BCUT2D eigenvalue weighted by atomic mass is 16.1. The number of hydrogen-bond donors (Lipinski definition) is 1. The fourth-order valence-corrected chi connectivity index (χ4v) is 0.0589. The van der Waals surface area contributed by atoms with Crippen molar-refractivity contribution >= 4 is 5.91 Å². The van der Waals surface area contributed by atoms with Crippen molar-refractivity contribution in [3.8, 4) is 0 Å². The largest absolute Gasteiger partial charge is 0.346 e. The van der Waals surface area contributed by atoms with Gasteiger partial charge in [-0.05, 0) is 6.08 Å². The topological polar surface area (TPSA) is 29.1 Å². The van der Waals surface area contributed by atoms with Crippen LogP contribution < -0.4 is 5.32 Å². The van der Waals surface area contributed by atoms with Crippen molar-refractivity contribution in [3.05, 3.63) is 19.7 Å². The lowest BCUT2D eigenvalue weighted by Gasteiger charge is -1.81. The molecule has 2 radical (unpaired) electrons. The summed E-state index contributed by atoms with van der Waals surface area (Å²) in [4.78, 5) is 9.83. The Labute approximate surface area is 36.9 Å². The maximum absolute atomic E-state index is 9.83. The second-order valence-corrected chi connectivity index (χ2v) is 0.713. The van der Waals surface area contributed by atoms with Gasteiger partial charge in [0.2, 0.25) is 5.91 Å². The molecule has 0 aliphatic heterocycles. The van der Waals surface area contributed by atoms with Gasteiger partial charge in [0.25, 0.3) is 0 Å². The minimum Gasteiger partial charge on any atom is -0.346 e. The smallest absolute Gasteiger partial charge is 0.243 e. The van der Waals surface area contributed by atoms with E-state index in [0.717, 1.165) is 6.08 Å². The van der Waals surface area contributed by atoms with Gasteiger partial charge in [0.05, 0.1) is 7.05 Å². The number of carbonyl (C=O) groups excluding carboxylic acids is 1. The minimum atomic E-state index is -0.366. The predicted molar refractivity (Wildman–Crippen MR) is 22.6 cm³/mol. The molecule has 0 bridgehead atoms. The third-order valence-electron chi connectivity index (χ3n) is 0.328. The van der Waals surface area contributed by atoms with Gasteiger partial charge in [-0.1, -0.05) is 6.58 Å². The van der Waals surface area contributed by atoms with Gasteiger partial charge >= 0.3 is 0 Å². The van der Waals surface area contributed by atoms with Crippen molar-refractivity contribution in [1.82, 2.24) is 5.32 Å². The molecule has 2 heteroatoms. The second kappa shape index (κ2) is 2.45. The Hall–Kier alpha value is -0.790. The van der Waals surface area contributed by atoms with E-state index in [0.29, 0.717) is 0 Å². The summed E-state index contributed by atoms with van der Waals surface area (Å²) in [7, 11) is 4.61. The molecular formula is C4H5NO. The normalized spacial score (nSPS) is 6.83. The molecule has 2 nitrogen and oxygen atoms in total. The Balaban J connectivity index is 3.23. The number of rotatable bonds is 1. The zero-order valence-electron chi connectivity index (χ0n) is 3.27. The number of hydrogen-bond acceptors (Lipinski definition) is 1.